The monoisotopic (exact) mass is 372 g/mol. The summed E-state index contributed by atoms with van der Waals surface area (Å²) in [4.78, 5) is 1.44. The average molecular weight is 372 g/mol. The van der Waals surface area contributed by atoms with Crippen LogP contribution in [0.5, 0.6) is 5.75 Å². The van der Waals surface area contributed by atoms with Gasteiger partial charge in [-0.05, 0) is 43.0 Å². The maximum Gasteiger partial charge on any atom is 0.148 e. The second-order valence-corrected chi connectivity index (χ2v) is 7.49. The summed E-state index contributed by atoms with van der Waals surface area (Å²) in [5, 5.41) is 23.0. The van der Waals surface area contributed by atoms with Crippen LogP contribution in [0.1, 0.15) is 40.8 Å². The molecule has 2 heterocycles. The van der Waals surface area contributed by atoms with Gasteiger partial charge in [0.2, 0.25) is 0 Å². The van der Waals surface area contributed by atoms with Crippen molar-refractivity contribution in [1.82, 2.24) is 15.5 Å². The highest BCUT2D eigenvalue weighted by atomic mass is 32.1. The van der Waals surface area contributed by atoms with Gasteiger partial charge in [0, 0.05) is 11.9 Å². The topological polar surface area (TPSA) is 93.3 Å². The Labute approximate surface area is 157 Å². The molecule has 7 heteroatoms. The van der Waals surface area contributed by atoms with Gasteiger partial charge in [0.15, 0.2) is 0 Å². The predicted octanol–water partition coefficient (Wildman–Crippen LogP) is 3.28. The predicted molar refractivity (Wildman–Crippen MR) is 106 cm³/mol. The van der Waals surface area contributed by atoms with Crippen LogP contribution in [-0.2, 0) is 0 Å². The van der Waals surface area contributed by atoms with Crippen LogP contribution in [0.15, 0.2) is 24.3 Å². The minimum Gasteiger partial charge on any atom is -0.497 e. The number of hydrogen-bond acceptors (Lipinski definition) is 7. The quantitative estimate of drug-likeness (QED) is 0.575. The molecule has 4 N–H and O–H groups in total. The summed E-state index contributed by atoms with van der Waals surface area (Å²) >= 11 is 1.38. The van der Waals surface area contributed by atoms with Gasteiger partial charge < -0.3 is 15.6 Å². The number of thiophene rings is 1. The second-order valence-electron chi connectivity index (χ2n) is 6.46. The fourth-order valence-corrected chi connectivity index (χ4v) is 3.95. The first-order chi connectivity index (χ1) is 12.4. The Bertz CT molecular complexity index is 908. The van der Waals surface area contributed by atoms with Crippen molar-refractivity contribution in [3.05, 3.63) is 46.0 Å². The van der Waals surface area contributed by atoms with Crippen molar-refractivity contribution in [3.63, 3.8) is 0 Å². The van der Waals surface area contributed by atoms with Crippen molar-refractivity contribution in [3.8, 4) is 5.75 Å². The van der Waals surface area contributed by atoms with E-state index in [4.69, 9.17) is 10.5 Å². The molecule has 1 aromatic carbocycles. The number of nitrogens with two attached hydrogens (primary N) is 1. The van der Waals surface area contributed by atoms with Crippen LogP contribution in [0.25, 0.3) is 10.2 Å². The van der Waals surface area contributed by atoms with E-state index in [9.17, 15) is 5.11 Å². The van der Waals surface area contributed by atoms with Gasteiger partial charge in [0.05, 0.1) is 23.4 Å². The van der Waals surface area contributed by atoms with E-state index < -0.39 is 6.23 Å². The molecule has 3 rings (SSSR count). The van der Waals surface area contributed by atoms with Gasteiger partial charge >= 0.3 is 0 Å². The highest BCUT2D eigenvalue weighted by Crippen LogP contribution is 2.37. The largest absolute Gasteiger partial charge is 0.497 e. The number of benzene rings is 1. The van der Waals surface area contributed by atoms with E-state index >= 15 is 0 Å². The number of aryl methyl sites for hydroxylation is 2. The first-order valence-corrected chi connectivity index (χ1v) is 9.31. The van der Waals surface area contributed by atoms with E-state index in [-0.39, 0.29) is 5.92 Å². The number of ether oxygens (including phenoxy) is 1. The maximum absolute atomic E-state index is 10.6. The van der Waals surface area contributed by atoms with E-state index in [1.807, 2.05) is 38.1 Å². The summed E-state index contributed by atoms with van der Waals surface area (Å²) in [6.07, 6.45) is -0.838. The van der Waals surface area contributed by atoms with Crippen molar-refractivity contribution in [2.24, 2.45) is 0 Å². The summed E-state index contributed by atoms with van der Waals surface area (Å²) in [5.74, 6) is 1.06. The smallest absolute Gasteiger partial charge is 0.148 e. The summed E-state index contributed by atoms with van der Waals surface area (Å²) in [7, 11) is 1.65. The third-order valence-corrected chi connectivity index (χ3v) is 5.86. The lowest BCUT2D eigenvalue weighted by atomic mass is 10.0. The zero-order chi connectivity index (χ0) is 18.8. The number of aliphatic hydroxyl groups excluding tert-OH is 1. The molecule has 0 aliphatic carbocycles. The van der Waals surface area contributed by atoms with E-state index in [0.29, 0.717) is 17.1 Å². The molecular formula is C19H24N4O2S. The third kappa shape index (κ3) is 3.51. The van der Waals surface area contributed by atoms with E-state index in [2.05, 4.69) is 22.4 Å². The normalized spacial score (nSPS) is 13.7. The molecule has 0 aliphatic heterocycles. The minimum absolute atomic E-state index is 0.231. The minimum atomic E-state index is -0.838. The summed E-state index contributed by atoms with van der Waals surface area (Å²) in [6, 6.07) is 7.95. The summed E-state index contributed by atoms with van der Waals surface area (Å²) in [6.45, 7) is 6.61. The molecule has 6 nitrogen and oxygen atoms in total. The second kappa shape index (κ2) is 7.57. The number of rotatable bonds is 6. The molecule has 2 atom stereocenters. The number of anilines is 1. The van der Waals surface area contributed by atoms with E-state index in [1.165, 1.54) is 16.9 Å². The van der Waals surface area contributed by atoms with Crippen molar-refractivity contribution < 1.29 is 9.84 Å². The van der Waals surface area contributed by atoms with Crippen LogP contribution in [0.2, 0.25) is 0 Å². The van der Waals surface area contributed by atoms with Crippen LogP contribution in [0.3, 0.4) is 0 Å². The van der Waals surface area contributed by atoms with Crippen molar-refractivity contribution in [2.75, 3.05) is 19.4 Å². The molecule has 0 spiro atoms. The fourth-order valence-electron chi connectivity index (χ4n) is 2.89. The first-order valence-electron chi connectivity index (χ1n) is 8.49. The Morgan fingerprint density at radius 2 is 1.92 bits per heavy atom. The highest BCUT2D eigenvalue weighted by Gasteiger charge is 2.20. The molecule has 3 aromatic rings. The number of aliphatic hydroxyl groups is 1. The molecular weight excluding hydrogens is 348 g/mol. The number of aromatic nitrogens is 2. The number of nitrogens with zero attached hydrogens (tertiary/aromatic N) is 2. The molecule has 0 saturated carbocycles. The van der Waals surface area contributed by atoms with Gasteiger partial charge in [0.25, 0.3) is 0 Å². The van der Waals surface area contributed by atoms with Crippen LogP contribution in [-0.4, -0.2) is 29.0 Å². The van der Waals surface area contributed by atoms with Crippen molar-refractivity contribution in [1.29, 1.82) is 0 Å². The standard InChI is InChI=1S/C19H24N4O2S/c1-10(13-5-7-14(25-4)8-6-13)9-21-18(24)17-16(20)15-11(2)12(3)22-23-19(15)26-17/h5-8,10,18,21,24H,9,20H2,1-4H3. The SMILES string of the molecule is COc1ccc(C(C)CNC(O)c2sc3nnc(C)c(C)c3c2N)cc1. The van der Waals surface area contributed by atoms with Gasteiger partial charge in [-0.1, -0.05) is 19.1 Å². The third-order valence-electron chi connectivity index (χ3n) is 4.71. The Morgan fingerprint density at radius 1 is 1.23 bits per heavy atom. The van der Waals surface area contributed by atoms with Crippen LogP contribution in [0.4, 0.5) is 5.69 Å². The Balaban J connectivity index is 1.73. The zero-order valence-electron chi connectivity index (χ0n) is 15.4. The average Bonchev–Trinajstić information content (AvgIpc) is 3.00. The molecule has 138 valence electrons. The maximum atomic E-state index is 10.6. The lowest BCUT2D eigenvalue weighted by Gasteiger charge is -2.17. The Kier molecular flexibility index (Phi) is 5.41. The molecule has 2 aromatic heterocycles. The Morgan fingerprint density at radius 3 is 2.58 bits per heavy atom. The van der Waals surface area contributed by atoms with Gasteiger partial charge in [0.1, 0.15) is 16.8 Å². The number of nitrogen functional groups attached to an aromatic ring is 1. The summed E-state index contributed by atoms with van der Waals surface area (Å²) < 4.78 is 5.19. The molecule has 0 bridgehead atoms. The van der Waals surface area contributed by atoms with Gasteiger partial charge in [-0.3, -0.25) is 5.32 Å². The van der Waals surface area contributed by atoms with Crippen LogP contribution in [0, 0.1) is 13.8 Å². The molecule has 0 radical (unpaired) electrons. The van der Waals surface area contributed by atoms with E-state index in [1.54, 1.807) is 7.11 Å². The molecule has 2 unspecified atom stereocenters. The molecule has 0 fully saturated rings. The van der Waals surface area contributed by atoms with Crippen LogP contribution >= 0.6 is 11.3 Å². The zero-order valence-corrected chi connectivity index (χ0v) is 16.2. The number of nitrogens with one attached hydrogen (secondary N) is 1. The van der Waals surface area contributed by atoms with E-state index in [0.717, 1.165) is 27.2 Å². The molecule has 0 amide bonds. The van der Waals surface area contributed by atoms with Crippen LogP contribution < -0.4 is 15.8 Å². The number of fused-ring (bicyclic) bond motifs is 1. The molecule has 0 saturated heterocycles. The lowest BCUT2D eigenvalue weighted by Crippen LogP contribution is -2.25. The summed E-state index contributed by atoms with van der Waals surface area (Å²) in [5.41, 5.74) is 9.90. The first kappa shape index (κ1) is 18.6. The molecule has 26 heavy (non-hydrogen) atoms. The lowest BCUT2D eigenvalue weighted by molar-refractivity contribution is 0.142. The van der Waals surface area contributed by atoms with Crippen molar-refractivity contribution in [2.45, 2.75) is 32.9 Å². The van der Waals surface area contributed by atoms with Gasteiger partial charge in [-0.25, -0.2) is 0 Å². The fraction of sp³-hybridized carbons (Fsp3) is 0.368. The highest BCUT2D eigenvalue weighted by molar-refractivity contribution is 7.19. The number of methoxy groups -OCH3 is 1. The van der Waals surface area contributed by atoms with Gasteiger partial charge in [-0.15, -0.1) is 16.4 Å². The van der Waals surface area contributed by atoms with Crippen molar-refractivity contribution >= 4 is 27.2 Å². The molecule has 0 aliphatic rings. The number of hydrogen-bond donors (Lipinski definition) is 3. The Hall–Kier alpha value is -2.22. The van der Waals surface area contributed by atoms with Gasteiger partial charge in [-0.2, -0.15) is 5.10 Å².